The summed E-state index contributed by atoms with van der Waals surface area (Å²) in [4.78, 5) is 11.4. The summed E-state index contributed by atoms with van der Waals surface area (Å²) in [6.45, 7) is 2.20. The zero-order valence-corrected chi connectivity index (χ0v) is 14.4. The number of carbonyl (C=O) groups excluding carboxylic acids is 1. The van der Waals surface area contributed by atoms with Gasteiger partial charge in [0.05, 0.1) is 0 Å². The van der Waals surface area contributed by atoms with Crippen molar-refractivity contribution >= 4 is 11.9 Å². The molecule has 2 aromatic carbocycles. The number of aryl methyl sites for hydroxylation is 1. The Labute approximate surface area is 147 Å². The summed E-state index contributed by atoms with van der Waals surface area (Å²) < 4.78 is 27.9. The minimum atomic E-state index is -3.43. The van der Waals surface area contributed by atoms with Crippen LogP contribution >= 0.6 is 0 Å². The fraction of sp³-hybridized carbons (Fsp3) is 0.318. The third kappa shape index (κ3) is 3.71. The van der Waals surface area contributed by atoms with E-state index < -0.39 is 11.7 Å². The van der Waals surface area contributed by atoms with Crippen molar-refractivity contribution in [2.45, 2.75) is 45.0 Å². The van der Waals surface area contributed by atoms with Gasteiger partial charge < -0.3 is 0 Å². The van der Waals surface area contributed by atoms with Gasteiger partial charge in [0.15, 0.2) is 0 Å². The molecule has 2 aromatic rings. The molecule has 0 N–H and O–H groups in total. The van der Waals surface area contributed by atoms with E-state index in [9.17, 15) is 13.6 Å². The van der Waals surface area contributed by atoms with Gasteiger partial charge in [-0.05, 0) is 47.2 Å². The minimum Gasteiger partial charge on any atom is -0.288 e. The van der Waals surface area contributed by atoms with Crippen molar-refractivity contribution in [2.24, 2.45) is 0 Å². The van der Waals surface area contributed by atoms with Crippen molar-refractivity contribution in [3.8, 4) is 11.1 Å². The molecular formula is C22H22F2O. The Hall–Kier alpha value is -2.29. The Morgan fingerprint density at radius 1 is 0.880 bits per heavy atom. The summed E-state index contributed by atoms with van der Waals surface area (Å²) >= 11 is 0. The number of ketones is 1. The number of carbonyl (C=O) groups is 1. The lowest BCUT2D eigenvalue weighted by Gasteiger charge is -2.20. The molecule has 1 nitrogen and oxygen atoms in total. The molecule has 0 heterocycles. The van der Waals surface area contributed by atoms with Gasteiger partial charge in [-0.1, -0.05) is 68.7 Å². The van der Waals surface area contributed by atoms with E-state index in [1.807, 2.05) is 12.1 Å². The van der Waals surface area contributed by atoms with Crippen LogP contribution in [0, 0.1) is 0 Å². The van der Waals surface area contributed by atoms with Gasteiger partial charge in [0.1, 0.15) is 0 Å². The number of hydrogen-bond acceptors (Lipinski definition) is 1. The highest BCUT2D eigenvalue weighted by Crippen LogP contribution is 2.38. The van der Waals surface area contributed by atoms with Gasteiger partial charge in [-0.15, -0.1) is 0 Å². The molecular weight excluding hydrogens is 318 g/mol. The Morgan fingerprint density at radius 3 is 2.32 bits per heavy atom. The van der Waals surface area contributed by atoms with E-state index in [0.29, 0.717) is 5.56 Å². The second-order valence-electron chi connectivity index (χ2n) is 6.58. The molecule has 0 spiro atoms. The molecule has 3 rings (SSSR count). The maximum atomic E-state index is 14.0. The van der Waals surface area contributed by atoms with Crippen molar-refractivity contribution in [1.82, 2.24) is 0 Å². The molecule has 130 valence electrons. The lowest BCUT2D eigenvalue weighted by atomic mass is 9.90. The molecule has 0 fully saturated rings. The Balaban J connectivity index is 1.78. The number of alkyl halides is 2. The van der Waals surface area contributed by atoms with Gasteiger partial charge in [0.25, 0.3) is 0 Å². The van der Waals surface area contributed by atoms with E-state index in [1.165, 1.54) is 43.4 Å². The van der Waals surface area contributed by atoms with Crippen molar-refractivity contribution in [3.05, 3.63) is 65.2 Å². The quantitative estimate of drug-likeness (QED) is 0.575. The van der Waals surface area contributed by atoms with E-state index in [-0.39, 0.29) is 5.56 Å². The highest BCUT2D eigenvalue weighted by atomic mass is 19.3. The molecule has 25 heavy (non-hydrogen) atoms. The second-order valence-corrected chi connectivity index (χ2v) is 6.58. The molecule has 3 heteroatoms. The molecule has 0 bridgehead atoms. The van der Waals surface area contributed by atoms with E-state index in [1.54, 1.807) is 12.1 Å². The third-order valence-corrected chi connectivity index (χ3v) is 4.72. The molecule has 0 aliphatic heterocycles. The van der Waals surface area contributed by atoms with Gasteiger partial charge >= 0.3 is 5.92 Å². The summed E-state index contributed by atoms with van der Waals surface area (Å²) in [6.07, 6.45) is 8.46. The predicted molar refractivity (Wildman–Crippen MR) is 97.7 cm³/mol. The molecule has 0 saturated carbocycles. The number of allylic oxidation sites excluding steroid dienone is 1. The molecule has 0 atom stereocenters. The first-order chi connectivity index (χ1) is 12.0. The number of benzene rings is 2. The van der Waals surface area contributed by atoms with Crippen LogP contribution in [0.2, 0.25) is 0 Å². The summed E-state index contributed by atoms with van der Waals surface area (Å²) in [5, 5.41) is 0. The van der Waals surface area contributed by atoms with Crippen LogP contribution < -0.4 is 0 Å². The largest absolute Gasteiger partial charge is 0.334 e. The Kier molecular flexibility index (Phi) is 5.12. The van der Waals surface area contributed by atoms with Crippen molar-refractivity contribution in [1.29, 1.82) is 0 Å². The third-order valence-electron chi connectivity index (χ3n) is 4.72. The van der Waals surface area contributed by atoms with E-state index in [0.717, 1.165) is 23.6 Å². The molecule has 0 amide bonds. The van der Waals surface area contributed by atoms with Crippen molar-refractivity contribution in [2.75, 3.05) is 0 Å². The van der Waals surface area contributed by atoms with E-state index in [4.69, 9.17) is 0 Å². The topological polar surface area (TPSA) is 17.1 Å². The number of fused-ring (bicyclic) bond motifs is 1. The Bertz CT molecular complexity index is 788. The fourth-order valence-corrected chi connectivity index (χ4v) is 3.19. The van der Waals surface area contributed by atoms with Gasteiger partial charge in [0, 0.05) is 5.56 Å². The zero-order chi connectivity index (χ0) is 17.9. The highest BCUT2D eigenvalue weighted by Gasteiger charge is 2.42. The lowest BCUT2D eigenvalue weighted by Crippen LogP contribution is -2.27. The number of hydrogen-bond donors (Lipinski definition) is 0. The second kappa shape index (κ2) is 7.30. The van der Waals surface area contributed by atoms with Gasteiger partial charge in [-0.3, -0.25) is 4.79 Å². The summed E-state index contributed by atoms with van der Waals surface area (Å²) in [7, 11) is 0. The number of rotatable bonds is 6. The minimum absolute atomic E-state index is 0.212. The highest BCUT2D eigenvalue weighted by molar-refractivity contribution is 6.03. The van der Waals surface area contributed by atoms with Crippen LogP contribution in [0.4, 0.5) is 8.78 Å². The van der Waals surface area contributed by atoms with Crippen LogP contribution in [0.5, 0.6) is 0 Å². The monoisotopic (exact) mass is 340 g/mol. The average molecular weight is 340 g/mol. The first-order valence-electron chi connectivity index (χ1n) is 8.86. The van der Waals surface area contributed by atoms with Gasteiger partial charge in [0.2, 0.25) is 5.78 Å². The van der Waals surface area contributed by atoms with Crippen LogP contribution in [0.1, 0.15) is 49.3 Å². The summed E-state index contributed by atoms with van der Waals surface area (Å²) in [5.74, 6) is -4.58. The molecule has 0 radical (unpaired) electrons. The molecule has 0 unspecified atom stereocenters. The van der Waals surface area contributed by atoms with Crippen LogP contribution in [0.25, 0.3) is 17.2 Å². The summed E-state index contributed by atoms with van der Waals surface area (Å²) in [6, 6.07) is 13.0. The van der Waals surface area contributed by atoms with E-state index >= 15 is 0 Å². The van der Waals surface area contributed by atoms with E-state index in [2.05, 4.69) is 19.1 Å². The Morgan fingerprint density at radius 2 is 1.60 bits per heavy atom. The van der Waals surface area contributed by atoms with Crippen LogP contribution in [0.3, 0.4) is 0 Å². The number of halogens is 2. The molecule has 0 saturated heterocycles. The molecule has 1 aliphatic rings. The fourth-order valence-electron chi connectivity index (χ4n) is 3.19. The lowest BCUT2D eigenvalue weighted by molar-refractivity contribution is -0.139. The standard InChI is InChI=1S/C22H22F2O/c1-2-3-4-5-6-16-7-9-17(10-8-16)18-11-13-20-19(15-18)12-14-21(25)22(20,23)24/h7-15H,2-6H2,1H3. The normalized spacial score (nSPS) is 15.2. The summed E-state index contributed by atoms with van der Waals surface area (Å²) in [5.41, 5.74) is 3.37. The van der Waals surface area contributed by atoms with Gasteiger partial charge in [-0.2, -0.15) is 8.78 Å². The van der Waals surface area contributed by atoms with Crippen LogP contribution in [0.15, 0.2) is 48.5 Å². The first-order valence-corrected chi connectivity index (χ1v) is 8.86. The van der Waals surface area contributed by atoms with Crippen molar-refractivity contribution in [3.63, 3.8) is 0 Å². The van der Waals surface area contributed by atoms with Crippen molar-refractivity contribution < 1.29 is 13.6 Å². The predicted octanol–water partition coefficient (Wildman–Crippen LogP) is 6.16. The SMILES string of the molecule is CCCCCCc1ccc(-c2ccc3c(c2)C=CC(=O)C3(F)F)cc1. The molecule has 1 aliphatic carbocycles. The van der Waals surface area contributed by atoms with Crippen LogP contribution in [-0.2, 0) is 17.1 Å². The maximum Gasteiger partial charge on any atom is 0.334 e. The number of unbranched alkanes of at least 4 members (excludes halogenated alkanes) is 3. The van der Waals surface area contributed by atoms with Gasteiger partial charge in [-0.25, -0.2) is 0 Å². The maximum absolute atomic E-state index is 14.0. The molecule has 0 aromatic heterocycles. The zero-order valence-electron chi connectivity index (χ0n) is 14.4. The van der Waals surface area contributed by atoms with Crippen LogP contribution in [-0.4, -0.2) is 5.78 Å². The average Bonchev–Trinajstić information content (AvgIpc) is 2.62. The first kappa shape index (κ1) is 17.5. The smallest absolute Gasteiger partial charge is 0.288 e.